The van der Waals surface area contributed by atoms with Crippen LogP contribution in [-0.2, 0) is 10.5 Å². The van der Waals surface area contributed by atoms with E-state index in [-0.39, 0.29) is 10.6 Å². The lowest BCUT2D eigenvalue weighted by Crippen LogP contribution is -2.08. The van der Waals surface area contributed by atoms with Crippen LogP contribution in [0.2, 0.25) is 0 Å². The number of thioether (sulfide) groups is 1. The summed E-state index contributed by atoms with van der Waals surface area (Å²) in [4.78, 5) is 10.5. The third-order valence-corrected chi connectivity index (χ3v) is 4.37. The standard InChI is InChI=1S/C14H20N2O3S/c1-2-15-14-6-5-12(16(17)18)8-11(14)9-20-10-13-4-3-7-19-13/h5-6,8,13,15H,2-4,7,9-10H2,1H3. The van der Waals surface area contributed by atoms with Gasteiger partial charge < -0.3 is 10.1 Å². The molecule has 1 unspecified atom stereocenters. The highest BCUT2D eigenvalue weighted by atomic mass is 32.2. The maximum Gasteiger partial charge on any atom is 0.269 e. The van der Waals surface area contributed by atoms with Crippen molar-refractivity contribution in [1.82, 2.24) is 0 Å². The van der Waals surface area contributed by atoms with Crippen molar-refractivity contribution in [1.29, 1.82) is 0 Å². The number of hydrogen-bond donors (Lipinski definition) is 1. The minimum atomic E-state index is -0.343. The average Bonchev–Trinajstić information content (AvgIpc) is 2.93. The van der Waals surface area contributed by atoms with Crippen LogP contribution >= 0.6 is 11.8 Å². The van der Waals surface area contributed by atoms with E-state index >= 15 is 0 Å². The first-order valence-corrected chi connectivity index (χ1v) is 8.06. The van der Waals surface area contributed by atoms with E-state index in [1.54, 1.807) is 30.0 Å². The number of ether oxygens (including phenoxy) is 1. The van der Waals surface area contributed by atoms with Gasteiger partial charge in [-0.3, -0.25) is 10.1 Å². The van der Waals surface area contributed by atoms with Crippen LogP contribution in [0.3, 0.4) is 0 Å². The van der Waals surface area contributed by atoms with Gasteiger partial charge in [-0.1, -0.05) is 0 Å². The van der Waals surface area contributed by atoms with Gasteiger partial charge in [0, 0.05) is 42.5 Å². The van der Waals surface area contributed by atoms with E-state index in [4.69, 9.17) is 4.74 Å². The summed E-state index contributed by atoms with van der Waals surface area (Å²) in [6, 6.07) is 5.01. The fraction of sp³-hybridized carbons (Fsp3) is 0.571. The highest BCUT2D eigenvalue weighted by Gasteiger charge is 2.16. The minimum Gasteiger partial charge on any atom is -0.385 e. The van der Waals surface area contributed by atoms with Crippen LogP contribution in [0.15, 0.2) is 18.2 Å². The van der Waals surface area contributed by atoms with Gasteiger partial charge in [0.2, 0.25) is 0 Å². The van der Waals surface area contributed by atoms with Crippen molar-refractivity contribution < 1.29 is 9.66 Å². The molecular formula is C14H20N2O3S. The first-order valence-electron chi connectivity index (χ1n) is 6.91. The molecule has 1 heterocycles. The number of benzene rings is 1. The quantitative estimate of drug-likeness (QED) is 0.617. The molecule has 2 rings (SSSR count). The first-order chi connectivity index (χ1) is 9.70. The van der Waals surface area contributed by atoms with Crippen molar-refractivity contribution in [2.75, 3.05) is 24.2 Å². The molecule has 20 heavy (non-hydrogen) atoms. The fourth-order valence-electron chi connectivity index (χ4n) is 2.25. The average molecular weight is 296 g/mol. The Balaban J connectivity index is 1.98. The molecule has 1 fully saturated rings. The molecule has 0 bridgehead atoms. The molecule has 1 aliphatic heterocycles. The number of nitrogens with one attached hydrogen (secondary N) is 1. The molecule has 0 aromatic heterocycles. The number of nitrogens with zero attached hydrogens (tertiary/aromatic N) is 1. The van der Waals surface area contributed by atoms with E-state index in [1.165, 1.54) is 0 Å². The molecular weight excluding hydrogens is 276 g/mol. The number of nitro groups is 1. The zero-order chi connectivity index (χ0) is 14.4. The Morgan fingerprint density at radius 1 is 1.55 bits per heavy atom. The SMILES string of the molecule is CCNc1ccc([N+](=O)[O-])cc1CSCC1CCCO1. The second-order valence-electron chi connectivity index (χ2n) is 4.78. The molecule has 5 nitrogen and oxygen atoms in total. The molecule has 1 atom stereocenters. The zero-order valence-corrected chi connectivity index (χ0v) is 12.4. The summed E-state index contributed by atoms with van der Waals surface area (Å²) in [7, 11) is 0. The van der Waals surface area contributed by atoms with E-state index in [1.807, 2.05) is 6.92 Å². The van der Waals surface area contributed by atoms with Crippen molar-refractivity contribution in [3.63, 3.8) is 0 Å². The van der Waals surface area contributed by atoms with Gasteiger partial charge in [-0.15, -0.1) is 0 Å². The largest absolute Gasteiger partial charge is 0.385 e. The van der Waals surface area contributed by atoms with Crippen molar-refractivity contribution in [3.05, 3.63) is 33.9 Å². The molecule has 6 heteroatoms. The smallest absolute Gasteiger partial charge is 0.269 e. The van der Waals surface area contributed by atoms with Gasteiger partial charge in [0.05, 0.1) is 11.0 Å². The number of anilines is 1. The number of rotatable bonds is 7. The van der Waals surface area contributed by atoms with Crippen LogP contribution in [0.25, 0.3) is 0 Å². The lowest BCUT2D eigenvalue weighted by atomic mass is 10.2. The van der Waals surface area contributed by atoms with Gasteiger partial charge in [0.25, 0.3) is 5.69 Å². The lowest BCUT2D eigenvalue weighted by Gasteiger charge is -2.12. The van der Waals surface area contributed by atoms with E-state index in [0.717, 1.165) is 48.7 Å². The zero-order valence-electron chi connectivity index (χ0n) is 11.6. The van der Waals surface area contributed by atoms with E-state index < -0.39 is 0 Å². The highest BCUT2D eigenvalue weighted by Crippen LogP contribution is 2.27. The molecule has 0 amide bonds. The maximum atomic E-state index is 10.9. The van der Waals surface area contributed by atoms with Crippen LogP contribution in [0, 0.1) is 10.1 Å². The third-order valence-electron chi connectivity index (χ3n) is 3.25. The minimum absolute atomic E-state index is 0.152. The van der Waals surface area contributed by atoms with Crippen LogP contribution in [0.1, 0.15) is 25.3 Å². The van der Waals surface area contributed by atoms with E-state index in [0.29, 0.717) is 6.10 Å². The van der Waals surface area contributed by atoms with Gasteiger partial charge in [0.1, 0.15) is 0 Å². The predicted molar refractivity (Wildman–Crippen MR) is 82.4 cm³/mol. The molecule has 1 aromatic carbocycles. The topological polar surface area (TPSA) is 64.4 Å². The Labute approximate surface area is 123 Å². The fourth-order valence-corrected chi connectivity index (χ4v) is 3.35. The number of non-ortho nitro benzene ring substituents is 1. The molecule has 110 valence electrons. The van der Waals surface area contributed by atoms with E-state index in [2.05, 4.69) is 5.32 Å². The van der Waals surface area contributed by atoms with Crippen LogP contribution in [-0.4, -0.2) is 29.9 Å². The van der Waals surface area contributed by atoms with Gasteiger partial charge in [-0.25, -0.2) is 0 Å². The molecule has 0 saturated carbocycles. The summed E-state index contributed by atoms with van der Waals surface area (Å²) in [5, 5.41) is 14.1. The van der Waals surface area contributed by atoms with Gasteiger partial charge in [-0.05, 0) is 31.4 Å². The summed E-state index contributed by atoms with van der Waals surface area (Å²) in [5.41, 5.74) is 2.13. The second kappa shape index (κ2) is 7.50. The van der Waals surface area contributed by atoms with Crippen LogP contribution < -0.4 is 5.32 Å². The normalized spacial score (nSPS) is 18.1. The maximum absolute atomic E-state index is 10.9. The molecule has 0 aliphatic carbocycles. The number of nitro benzene ring substituents is 1. The number of hydrogen-bond acceptors (Lipinski definition) is 5. The molecule has 1 aromatic rings. The Kier molecular flexibility index (Phi) is 5.67. The van der Waals surface area contributed by atoms with Gasteiger partial charge >= 0.3 is 0 Å². The van der Waals surface area contributed by atoms with Crippen molar-refractivity contribution in [2.24, 2.45) is 0 Å². The van der Waals surface area contributed by atoms with Crippen molar-refractivity contribution in [2.45, 2.75) is 31.6 Å². The van der Waals surface area contributed by atoms with Crippen molar-refractivity contribution >= 4 is 23.1 Å². The van der Waals surface area contributed by atoms with Crippen molar-refractivity contribution in [3.8, 4) is 0 Å². The van der Waals surface area contributed by atoms with E-state index in [9.17, 15) is 10.1 Å². The molecule has 1 aliphatic rings. The highest BCUT2D eigenvalue weighted by molar-refractivity contribution is 7.98. The summed E-state index contributed by atoms with van der Waals surface area (Å²) >= 11 is 1.78. The molecule has 0 spiro atoms. The predicted octanol–water partition coefficient (Wildman–Crippen LogP) is 3.44. The Hall–Kier alpha value is -1.27. The summed E-state index contributed by atoms with van der Waals surface area (Å²) in [5.74, 6) is 1.72. The first kappa shape index (κ1) is 15.1. The lowest BCUT2D eigenvalue weighted by molar-refractivity contribution is -0.384. The molecule has 1 N–H and O–H groups in total. The Morgan fingerprint density at radius 3 is 3.05 bits per heavy atom. The molecule has 1 saturated heterocycles. The summed E-state index contributed by atoms with van der Waals surface area (Å²) < 4.78 is 5.59. The van der Waals surface area contributed by atoms with Gasteiger partial charge in [0.15, 0.2) is 0 Å². The molecule has 0 radical (unpaired) electrons. The van der Waals surface area contributed by atoms with Gasteiger partial charge in [-0.2, -0.15) is 11.8 Å². The Morgan fingerprint density at radius 2 is 2.40 bits per heavy atom. The summed E-state index contributed by atoms with van der Waals surface area (Å²) in [6.45, 7) is 3.69. The third kappa shape index (κ3) is 4.11. The van der Waals surface area contributed by atoms with Crippen LogP contribution in [0.4, 0.5) is 11.4 Å². The second-order valence-corrected chi connectivity index (χ2v) is 5.81. The van der Waals surface area contributed by atoms with Crippen LogP contribution in [0.5, 0.6) is 0 Å². The Bertz CT molecular complexity index is 462. The monoisotopic (exact) mass is 296 g/mol. The summed E-state index contributed by atoms with van der Waals surface area (Å²) in [6.07, 6.45) is 2.62.